The molecule has 1 unspecified atom stereocenters. The number of amidine groups is 1. The number of aromatic nitrogens is 2. The first-order valence-corrected chi connectivity index (χ1v) is 6.29. The molecule has 4 N–H and O–H groups in total. The molecular formula is C12H19N5O2. The molecule has 0 aliphatic carbocycles. The predicted octanol–water partition coefficient (Wildman–Crippen LogP) is 0.312. The predicted molar refractivity (Wildman–Crippen MR) is 71.2 cm³/mol. The van der Waals surface area contributed by atoms with Crippen LogP contribution in [0, 0.1) is 0 Å². The lowest BCUT2D eigenvalue weighted by molar-refractivity contribution is 0.0481. The highest BCUT2D eigenvalue weighted by atomic mass is 16.4. The maximum absolute atomic E-state index is 10.0. The minimum atomic E-state index is -0.601. The van der Waals surface area contributed by atoms with Crippen LogP contribution < -0.4 is 10.6 Å². The van der Waals surface area contributed by atoms with E-state index < -0.39 is 5.60 Å². The summed E-state index contributed by atoms with van der Waals surface area (Å²) in [5.74, 6) is 0.685. The summed E-state index contributed by atoms with van der Waals surface area (Å²) in [6, 6.07) is 0. The van der Waals surface area contributed by atoms with Crippen LogP contribution in [-0.2, 0) is 0 Å². The number of nitrogens with zero attached hydrogens (tertiary/aromatic N) is 4. The van der Waals surface area contributed by atoms with Crippen LogP contribution in [0.3, 0.4) is 0 Å². The summed E-state index contributed by atoms with van der Waals surface area (Å²) in [6.07, 6.45) is 5.49. The van der Waals surface area contributed by atoms with Crippen LogP contribution in [0.5, 0.6) is 0 Å². The summed E-state index contributed by atoms with van der Waals surface area (Å²) in [5.41, 5.74) is 5.17. The second-order valence-electron chi connectivity index (χ2n) is 5.08. The van der Waals surface area contributed by atoms with Crippen LogP contribution >= 0.6 is 0 Å². The minimum absolute atomic E-state index is 0.0575. The lowest BCUT2D eigenvalue weighted by atomic mass is 9.98. The van der Waals surface area contributed by atoms with Gasteiger partial charge in [-0.05, 0) is 26.2 Å². The van der Waals surface area contributed by atoms with E-state index >= 15 is 0 Å². The van der Waals surface area contributed by atoms with Gasteiger partial charge < -0.3 is 20.9 Å². The van der Waals surface area contributed by atoms with Crippen molar-refractivity contribution in [2.45, 2.75) is 31.8 Å². The van der Waals surface area contributed by atoms with E-state index in [9.17, 15) is 5.11 Å². The van der Waals surface area contributed by atoms with Gasteiger partial charge in [0.05, 0.1) is 18.0 Å². The van der Waals surface area contributed by atoms with E-state index in [1.54, 1.807) is 6.20 Å². The highest BCUT2D eigenvalue weighted by molar-refractivity contribution is 5.94. The van der Waals surface area contributed by atoms with Gasteiger partial charge in [0.15, 0.2) is 5.84 Å². The molecule has 1 aliphatic rings. The number of nitrogens with two attached hydrogens (primary N) is 1. The van der Waals surface area contributed by atoms with Crippen LogP contribution in [0.1, 0.15) is 31.9 Å². The first-order valence-electron chi connectivity index (χ1n) is 6.29. The zero-order valence-electron chi connectivity index (χ0n) is 11.0. The lowest BCUT2D eigenvalue weighted by Crippen LogP contribution is -2.29. The van der Waals surface area contributed by atoms with E-state index in [1.165, 1.54) is 6.20 Å². The Labute approximate surface area is 111 Å². The number of rotatable bonds is 2. The van der Waals surface area contributed by atoms with Crippen molar-refractivity contribution in [3.63, 3.8) is 0 Å². The van der Waals surface area contributed by atoms with E-state index in [0.717, 1.165) is 31.7 Å². The molecule has 1 aromatic rings. The molecule has 0 aromatic carbocycles. The first-order chi connectivity index (χ1) is 9.02. The summed E-state index contributed by atoms with van der Waals surface area (Å²) >= 11 is 0. The van der Waals surface area contributed by atoms with E-state index in [-0.39, 0.29) is 5.84 Å². The summed E-state index contributed by atoms with van der Waals surface area (Å²) in [5, 5.41) is 21.5. The molecule has 1 atom stereocenters. The van der Waals surface area contributed by atoms with Crippen molar-refractivity contribution in [3.05, 3.63) is 18.1 Å². The molecular weight excluding hydrogens is 246 g/mol. The van der Waals surface area contributed by atoms with Crippen LogP contribution in [0.4, 0.5) is 5.82 Å². The molecule has 19 heavy (non-hydrogen) atoms. The molecule has 1 aliphatic heterocycles. The first kappa shape index (κ1) is 13.5. The van der Waals surface area contributed by atoms with Crippen molar-refractivity contribution < 1.29 is 10.3 Å². The maximum atomic E-state index is 10.0. The molecule has 0 amide bonds. The van der Waals surface area contributed by atoms with Gasteiger partial charge in [0.2, 0.25) is 0 Å². The minimum Gasteiger partial charge on any atom is -0.409 e. The number of aliphatic hydroxyl groups is 1. The molecule has 1 saturated heterocycles. The topological polar surface area (TPSA) is 108 Å². The van der Waals surface area contributed by atoms with E-state index in [2.05, 4.69) is 20.0 Å². The Bertz CT molecular complexity index is 458. The lowest BCUT2D eigenvalue weighted by Gasteiger charge is -2.23. The summed E-state index contributed by atoms with van der Waals surface area (Å²) < 4.78 is 0. The van der Waals surface area contributed by atoms with Gasteiger partial charge in [0.25, 0.3) is 0 Å². The van der Waals surface area contributed by atoms with Crippen molar-refractivity contribution in [3.8, 4) is 0 Å². The SMILES string of the molecule is CC1(O)CCCN(c2cnc(C(N)=NO)cn2)CC1. The van der Waals surface area contributed by atoms with Gasteiger partial charge >= 0.3 is 0 Å². The molecule has 1 aromatic heterocycles. The monoisotopic (exact) mass is 265 g/mol. The Hall–Kier alpha value is -1.89. The van der Waals surface area contributed by atoms with Crippen LogP contribution in [-0.4, -0.2) is 44.8 Å². The fourth-order valence-corrected chi connectivity index (χ4v) is 2.16. The molecule has 7 heteroatoms. The molecule has 104 valence electrons. The molecule has 1 fully saturated rings. The molecule has 2 heterocycles. The maximum Gasteiger partial charge on any atom is 0.190 e. The highest BCUT2D eigenvalue weighted by Crippen LogP contribution is 2.23. The number of oxime groups is 1. The van der Waals surface area contributed by atoms with Crippen LogP contribution in [0.25, 0.3) is 0 Å². The van der Waals surface area contributed by atoms with Crippen molar-refractivity contribution in [1.29, 1.82) is 0 Å². The van der Waals surface area contributed by atoms with Crippen LogP contribution in [0.2, 0.25) is 0 Å². The van der Waals surface area contributed by atoms with Crippen LogP contribution in [0.15, 0.2) is 17.5 Å². The van der Waals surface area contributed by atoms with E-state index in [0.29, 0.717) is 12.1 Å². The van der Waals surface area contributed by atoms with Gasteiger partial charge in [-0.3, -0.25) is 0 Å². The standard InChI is InChI=1S/C12H19N5O2/c1-12(18)3-2-5-17(6-4-12)10-8-14-9(7-15-10)11(13)16-19/h7-8,18-19H,2-6H2,1H3,(H2,13,16). The Morgan fingerprint density at radius 2 is 2.16 bits per heavy atom. The smallest absolute Gasteiger partial charge is 0.190 e. The molecule has 0 bridgehead atoms. The Morgan fingerprint density at radius 1 is 1.37 bits per heavy atom. The quantitative estimate of drug-likeness (QED) is 0.307. The van der Waals surface area contributed by atoms with Gasteiger partial charge in [-0.25, -0.2) is 9.97 Å². The Balaban J connectivity index is 2.10. The number of hydrogen-bond donors (Lipinski definition) is 3. The van der Waals surface area contributed by atoms with Gasteiger partial charge in [0, 0.05) is 13.1 Å². The van der Waals surface area contributed by atoms with Gasteiger partial charge in [0.1, 0.15) is 11.5 Å². The summed E-state index contributed by atoms with van der Waals surface area (Å²) in [4.78, 5) is 10.5. The second kappa shape index (κ2) is 5.40. The van der Waals surface area contributed by atoms with Gasteiger partial charge in [-0.2, -0.15) is 0 Å². The molecule has 0 radical (unpaired) electrons. The fourth-order valence-electron chi connectivity index (χ4n) is 2.16. The van der Waals surface area contributed by atoms with Gasteiger partial charge in [-0.1, -0.05) is 5.16 Å². The Kier molecular flexibility index (Phi) is 3.84. The van der Waals surface area contributed by atoms with Crippen molar-refractivity contribution in [2.75, 3.05) is 18.0 Å². The third-order valence-corrected chi connectivity index (χ3v) is 3.40. The van der Waals surface area contributed by atoms with Crippen molar-refractivity contribution >= 4 is 11.7 Å². The molecule has 7 nitrogen and oxygen atoms in total. The zero-order valence-corrected chi connectivity index (χ0v) is 11.0. The second-order valence-corrected chi connectivity index (χ2v) is 5.08. The average molecular weight is 265 g/mol. The largest absolute Gasteiger partial charge is 0.409 e. The molecule has 0 saturated carbocycles. The third kappa shape index (κ3) is 3.31. The Morgan fingerprint density at radius 3 is 2.79 bits per heavy atom. The highest BCUT2D eigenvalue weighted by Gasteiger charge is 2.25. The average Bonchev–Trinajstić information content (AvgIpc) is 2.59. The van der Waals surface area contributed by atoms with Crippen molar-refractivity contribution in [2.24, 2.45) is 10.9 Å². The zero-order chi connectivity index (χ0) is 13.9. The van der Waals surface area contributed by atoms with Gasteiger partial charge in [-0.15, -0.1) is 0 Å². The van der Waals surface area contributed by atoms with E-state index in [4.69, 9.17) is 10.9 Å². The summed E-state index contributed by atoms with van der Waals surface area (Å²) in [7, 11) is 0. The normalized spacial score (nSPS) is 25.2. The molecule has 0 spiro atoms. The van der Waals surface area contributed by atoms with Crippen molar-refractivity contribution in [1.82, 2.24) is 9.97 Å². The fraction of sp³-hybridized carbons (Fsp3) is 0.583. The summed E-state index contributed by atoms with van der Waals surface area (Å²) in [6.45, 7) is 3.45. The third-order valence-electron chi connectivity index (χ3n) is 3.40. The number of anilines is 1. The number of hydrogen-bond acceptors (Lipinski definition) is 6. The molecule has 2 rings (SSSR count). The van der Waals surface area contributed by atoms with E-state index in [1.807, 2.05) is 6.92 Å².